The number of hydrogen-bond donors (Lipinski definition) is 5. The molecule has 4 aliphatic rings. The van der Waals surface area contributed by atoms with Gasteiger partial charge in [-0.1, -0.05) is 29.3 Å². The lowest BCUT2D eigenvalue weighted by atomic mass is 9.89. The maximum absolute atomic E-state index is 13.6. The lowest BCUT2D eigenvalue weighted by molar-refractivity contribution is 0.0686. The highest BCUT2D eigenvalue weighted by Crippen LogP contribution is 2.47. The Morgan fingerprint density at radius 2 is 1.30 bits per heavy atom. The van der Waals surface area contributed by atoms with Gasteiger partial charge in [-0.25, -0.2) is 9.59 Å². The first-order valence-electron chi connectivity index (χ1n) is 19.1. The third-order valence-corrected chi connectivity index (χ3v) is 11.2. The first kappa shape index (κ1) is 42.0. The fraction of sp³-hybridized carbons (Fsp3) is 0.106. The lowest BCUT2D eigenvalue weighted by Gasteiger charge is -2.21. The number of fused-ring (bicyclic) bond motifs is 4. The zero-order chi connectivity index (χ0) is 44.9. The molecule has 14 nitrogen and oxygen atoms in total. The fourth-order valence-corrected chi connectivity index (χ4v) is 8.18. The number of carbonyl (C=O) groups excluding carboxylic acids is 2. The summed E-state index contributed by atoms with van der Waals surface area (Å²) in [6.07, 6.45) is 0. The van der Waals surface area contributed by atoms with Crippen LogP contribution >= 0.6 is 23.2 Å². The molecule has 16 heteroatoms. The summed E-state index contributed by atoms with van der Waals surface area (Å²) in [5.74, 6) is -3.70. The van der Waals surface area contributed by atoms with E-state index in [9.17, 15) is 39.3 Å². The molecule has 0 atom stereocenters. The Morgan fingerprint density at radius 1 is 0.667 bits per heavy atom. The number of amides is 2. The van der Waals surface area contributed by atoms with Crippen LogP contribution < -0.4 is 26.3 Å². The van der Waals surface area contributed by atoms with Gasteiger partial charge in [0, 0.05) is 108 Å². The Balaban J connectivity index is 1.06. The standard InChI is InChI=1S/C47H34Cl2N4O10/c1-50-23-5-10-30-35(17-23)62-36-18-24(53(2)3)6-11-31(36)40(30)41-34(48)21-33(43(49)42(41)47(60)61)45(57)52-15-14-51-44(56)22-4-9-27(32(16-22)46(58)59)39-28-12-7-25(54)19-37(28)63-38-20-26(55)8-13-29(38)39/h4-13,16-21,54H,14-15H2,1-3H3,(H,51,56)(H,52,57)(H,58,59)(H,60,61)/b50-23-. The van der Waals surface area contributed by atoms with E-state index in [1.807, 2.05) is 31.1 Å². The highest BCUT2D eigenvalue weighted by atomic mass is 35.5. The molecule has 4 aromatic carbocycles. The molecule has 0 bridgehead atoms. The van der Waals surface area contributed by atoms with E-state index in [0.29, 0.717) is 49.7 Å². The Bertz CT molecular complexity index is 3300. The van der Waals surface area contributed by atoms with Crippen LogP contribution in [0, 0.1) is 0 Å². The SMILES string of the molecule is C/N=c1/ccc2c(-c3c(Cl)cc(C(=O)NCCNC(=O)c4ccc(-c5c6ccc(=O)cc-6oc6cc(O)ccc56)c(C(=O)O)c4)c(Cl)c3C(=O)O)c3ccc(N(C)C)cc3oc-2c1. The Morgan fingerprint density at radius 3 is 2.00 bits per heavy atom. The van der Waals surface area contributed by atoms with Crippen molar-refractivity contribution < 1.29 is 43.3 Å². The van der Waals surface area contributed by atoms with E-state index >= 15 is 0 Å². The maximum Gasteiger partial charge on any atom is 0.337 e. The van der Waals surface area contributed by atoms with Gasteiger partial charge in [-0.3, -0.25) is 19.4 Å². The molecule has 2 amide bonds. The summed E-state index contributed by atoms with van der Waals surface area (Å²) in [6, 6.07) is 24.5. The quantitative estimate of drug-likeness (QED) is 0.0652. The second-order valence-electron chi connectivity index (χ2n) is 14.6. The van der Waals surface area contributed by atoms with Crippen LogP contribution in [0.15, 0.2) is 116 Å². The number of carbonyl (C=O) groups is 4. The zero-order valence-corrected chi connectivity index (χ0v) is 35.0. The van der Waals surface area contributed by atoms with Crippen molar-refractivity contribution in [3.63, 3.8) is 0 Å². The number of aromatic carboxylic acids is 2. The average molecular weight is 886 g/mol. The van der Waals surface area contributed by atoms with Gasteiger partial charge in [0.25, 0.3) is 11.8 Å². The molecule has 0 fully saturated rings. The third kappa shape index (κ3) is 7.77. The first-order valence-corrected chi connectivity index (χ1v) is 19.9. The molecule has 8 rings (SSSR count). The molecule has 5 N–H and O–H groups in total. The van der Waals surface area contributed by atoms with Crippen LogP contribution in [0.2, 0.25) is 10.0 Å². The molecule has 4 aromatic rings. The maximum atomic E-state index is 13.6. The van der Waals surface area contributed by atoms with Crippen LogP contribution in [0.1, 0.15) is 41.4 Å². The summed E-state index contributed by atoms with van der Waals surface area (Å²) < 4.78 is 12.2. The molecule has 0 radical (unpaired) electrons. The van der Waals surface area contributed by atoms with Crippen molar-refractivity contribution in [2.24, 2.45) is 4.99 Å². The van der Waals surface area contributed by atoms with Gasteiger partial charge >= 0.3 is 11.9 Å². The van der Waals surface area contributed by atoms with Gasteiger partial charge in [-0.05, 0) is 72.3 Å². The van der Waals surface area contributed by atoms with Crippen LogP contribution in [0.3, 0.4) is 0 Å². The van der Waals surface area contributed by atoms with Crippen molar-refractivity contribution >= 4 is 74.6 Å². The number of nitrogens with one attached hydrogen (secondary N) is 2. The first-order chi connectivity index (χ1) is 30.1. The number of hydrogen-bond acceptors (Lipinski definition) is 10. The molecule has 63 heavy (non-hydrogen) atoms. The van der Waals surface area contributed by atoms with E-state index in [1.54, 1.807) is 37.4 Å². The highest BCUT2D eigenvalue weighted by molar-refractivity contribution is 6.41. The molecule has 2 aliphatic heterocycles. The fourth-order valence-electron chi connectivity index (χ4n) is 7.57. The molecule has 0 saturated carbocycles. The van der Waals surface area contributed by atoms with E-state index in [1.165, 1.54) is 54.6 Å². The number of aromatic hydroxyl groups is 1. The van der Waals surface area contributed by atoms with Gasteiger partial charge in [0.15, 0.2) is 5.43 Å². The van der Waals surface area contributed by atoms with Crippen LogP contribution in [0.5, 0.6) is 5.75 Å². The monoisotopic (exact) mass is 884 g/mol. The Kier molecular flexibility index (Phi) is 11.1. The topological polar surface area (TPSA) is 212 Å². The molecule has 0 unspecified atom stereocenters. The number of carboxylic acid groups (broad SMARTS) is 2. The molecular weight excluding hydrogens is 851 g/mol. The van der Waals surface area contributed by atoms with Crippen molar-refractivity contribution in [1.29, 1.82) is 0 Å². The minimum absolute atomic E-state index is 0.000259. The van der Waals surface area contributed by atoms with Gasteiger partial charge in [-0.2, -0.15) is 0 Å². The van der Waals surface area contributed by atoms with Crippen LogP contribution in [0.4, 0.5) is 5.69 Å². The van der Waals surface area contributed by atoms with Gasteiger partial charge < -0.3 is 39.7 Å². The predicted molar refractivity (Wildman–Crippen MR) is 239 cm³/mol. The second kappa shape index (κ2) is 16.6. The molecule has 0 saturated heterocycles. The van der Waals surface area contributed by atoms with Crippen molar-refractivity contribution in [2.45, 2.75) is 0 Å². The third-order valence-electron chi connectivity index (χ3n) is 10.5. The minimum Gasteiger partial charge on any atom is -0.508 e. The summed E-state index contributed by atoms with van der Waals surface area (Å²) in [6.45, 7) is -0.256. The van der Waals surface area contributed by atoms with Crippen molar-refractivity contribution in [2.75, 3.05) is 39.1 Å². The highest BCUT2D eigenvalue weighted by Gasteiger charge is 2.30. The number of nitrogens with zero attached hydrogens (tertiary/aromatic N) is 2. The second-order valence-corrected chi connectivity index (χ2v) is 15.4. The molecule has 316 valence electrons. The lowest BCUT2D eigenvalue weighted by Crippen LogP contribution is -2.35. The predicted octanol–water partition coefficient (Wildman–Crippen LogP) is 8.25. The van der Waals surface area contributed by atoms with Crippen molar-refractivity contribution in [3.05, 3.63) is 145 Å². The summed E-state index contributed by atoms with van der Waals surface area (Å²) in [4.78, 5) is 70.9. The molecule has 0 spiro atoms. The van der Waals surface area contributed by atoms with Gasteiger partial charge in [0.05, 0.1) is 32.1 Å². The van der Waals surface area contributed by atoms with Gasteiger partial charge in [0.1, 0.15) is 28.4 Å². The normalized spacial score (nSPS) is 11.7. The molecule has 2 heterocycles. The number of anilines is 1. The minimum atomic E-state index is -1.43. The van der Waals surface area contributed by atoms with E-state index < -0.39 is 29.3 Å². The summed E-state index contributed by atoms with van der Waals surface area (Å²) >= 11 is 13.7. The molecule has 2 aliphatic carbocycles. The average Bonchev–Trinajstić information content (AvgIpc) is 3.25. The van der Waals surface area contributed by atoms with Crippen LogP contribution in [-0.2, 0) is 0 Å². The van der Waals surface area contributed by atoms with E-state index in [-0.39, 0.29) is 73.5 Å². The number of carboxylic acids is 2. The van der Waals surface area contributed by atoms with E-state index in [4.69, 9.17) is 32.0 Å². The zero-order valence-electron chi connectivity index (χ0n) is 33.5. The Hall–Kier alpha value is -7.68. The van der Waals surface area contributed by atoms with Crippen LogP contribution in [0.25, 0.3) is 66.8 Å². The summed E-state index contributed by atoms with van der Waals surface area (Å²) in [7, 11) is 5.38. The van der Waals surface area contributed by atoms with Gasteiger partial charge in [0.2, 0.25) is 0 Å². The number of phenols is 1. The molecule has 0 aromatic heterocycles. The van der Waals surface area contributed by atoms with Crippen LogP contribution in [-0.4, -0.2) is 73.3 Å². The van der Waals surface area contributed by atoms with Crippen molar-refractivity contribution in [3.8, 4) is 50.7 Å². The Labute approximate surface area is 366 Å². The van der Waals surface area contributed by atoms with E-state index in [0.717, 1.165) is 5.69 Å². The largest absolute Gasteiger partial charge is 0.508 e. The van der Waals surface area contributed by atoms with Crippen molar-refractivity contribution in [1.82, 2.24) is 10.6 Å². The summed E-state index contributed by atoms with van der Waals surface area (Å²) in [5.41, 5.74) is 2.41. The number of benzene rings is 6. The van der Waals surface area contributed by atoms with Gasteiger partial charge in [-0.15, -0.1) is 0 Å². The number of phenolic OH excluding ortho intramolecular Hbond substituents is 1. The molecular formula is C47H34Cl2N4O10. The number of rotatable bonds is 10. The smallest absolute Gasteiger partial charge is 0.337 e. The number of halogens is 2. The van der Waals surface area contributed by atoms with E-state index in [2.05, 4.69) is 15.6 Å². The summed E-state index contributed by atoms with van der Waals surface area (Å²) in [5, 5.41) is 37.5.